The van der Waals surface area contributed by atoms with Crippen LogP contribution in [0.25, 0.3) is 0 Å². The van der Waals surface area contributed by atoms with E-state index in [4.69, 9.17) is 16.3 Å². The molecule has 1 saturated heterocycles. The highest BCUT2D eigenvalue weighted by Crippen LogP contribution is 2.42. The van der Waals surface area contributed by atoms with Gasteiger partial charge in [-0.15, -0.1) is 0 Å². The van der Waals surface area contributed by atoms with Gasteiger partial charge in [0.2, 0.25) is 9.84 Å². The van der Waals surface area contributed by atoms with Gasteiger partial charge in [0.15, 0.2) is 4.91 Å². The third kappa shape index (κ3) is 4.10. The average Bonchev–Trinajstić information content (AvgIpc) is 3.35. The van der Waals surface area contributed by atoms with Crippen molar-refractivity contribution in [3.8, 4) is 11.5 Å². The quantitative estimate of drug-likeness (QED) is 0.491. The van der Waals surface area contributed by atoms with Crippen LogP contribution in [0.15, 0.2) is 88.8 Å². The van der Waals surface area contributed by atoms with E-state index in [0.29, 0.717) is 41.0 Å². The normalized spacial score (nSPS) is 16.8. The minimum atomic E-state index is -3.98. The predicted molar refractivity (Wildman–Crippen MR) is 128 cm³/mol. The van der Waals surface area contributed by atoms with Gasteiger partial charge in [-0.2, -0.15) is 0 Å². The van der Waals surface area contributed by atoms with Gasteiger partial charge in [0, 0.05) is 30.0 Å². The molecule has 0 aliphatic carbocycles. The molecule has 2 aliphatic rings. The number of hydrogen-bond acceptors (Lipinski definition) is 5. The molecule has 0 spiro atoms. The molecular formula is C25H21ClN2O4S. The summed E-state index contributed by atoms with van der Waals surface area (Å²) in [4.78, 5) is 16.2. The maximum atomic E-state index is 13.3. The van der Waals surface area contributed by atoms with Crippen molar-refractivity contribution < 1.29 is 17.9 Å². The number of sulfone groups is 1. The Morgan fingerprint density at radius 1 is 0.879 bits per heavy atom. The van der Waals surface area contributed by atoms with Crippen LogP contribution in [0.2, 0.25) is 5.02 Å². The number of benzene rings is 3. The number of amides is 1. The fourth-order valence-corrected chi connectivity index (χ4v) is 5.73. The number of ether oxygens (including phenoxy) is 1. The highest BCUT2D eigenvalue weighted by Gasteiger charge is 2.38. The second-order valence-corrected chi connectivity index (χ2v) is 10.2. The number of fused-ring (bicyclic) bond motifs is 1. The van der Waals surface area contributed by atoms with Crippen molar-refractivity contribution in [2.75, 3.05) is 18.0 Å². The van der Waals surface area contributed by atoms with Gasteiger partial charge >= 0.3 is 0 Å². The van der Waals surface area contributed by atoms with Gasteiger partial charge in [-0.1, -0.05) is 29.8 Å². The minimum Gasteiger partial charge on any atom is -0.457 e. The number of anilines is 2. The first-order valence-electron chi connectivity index (χ1n) is 10.6. The highest BCUT2D eigenvalue weighted by molar-refractivity contribution is 7.96. The molecule has 168 valence electrons. The monoisotopic (exact) mass is 480 g/mol. The predicted octanol–water partition coefficient (Wildman–Crippen LogP) is 5.52. The lowest BCUT2D eigenvalue weighted by atomic mass is 10.2. The third-order valence-corrected chi connectivity index (χ3v) is 7.72. The van der Waals surface area contributed by atoms with E-state index in [2.05, 4.69) is 0 Å². The SMILES string of the molecule is O=C(C1=CN(c2ccc(Oc3ccccc3)cc2)c2cc(Cl)ccc2S1(=O)=O)N1CCCC1. The van der Waals surface area contributed by atoms with Crippen molar-refractivity contribution >= 4 is 38.7 Å². The molecule has 2 aliphatic heterocycles. The Morgan fingerprint density at radius 3 is 2.24 bits per heavy atom. The van der Waals surface area contributed by atoms with Crippen LogP contribution in [-0.4, -0.2) is 32.3 Å². The van der Waals surface area contributed by atoms with E-state index in [9.17, 15) is 13.2 Å². The van der Waals surface area contributed by atoms with Crippen molar-refractivity contribution in [3.05, 3.63) is 88.9 Å². The van der Waals surface area contributed by atoms with E-state index in [0.717, 1.165) is 12.8 Å². The van der Waals surface area contributed by atoms with Gasteiger partial charge in [-0.3, -0.25) is 4.79 Å². The van der Waals surface area contributed by atoms with Crippen LogP contribution in [0.5, 0.6) is 11.5 Å². The number of carbonyl (C=O) groups is 1. The lowest BCUT2D eigenvalue weighted by Crippen LogP contribution is -2.35. The number of hydrogen-bond donors (Lipinski definition) is 0. The van der Waals surface area contributed by atoms with Gasteiger partial charge in [0.1, 0.15) is 11.5 Å². The largest absolute Gasteiger partial charge is 0.457 e. The summed E-state index contributed by atoms with van der Waals surface area (Å²) in [5.74, 6) is 0.880. The molecule has 0 radical (unpaired) electrons. The molecule has 2 heterocycles. The Bertz CT molecular complexity index is 1330. The fraction of sp³-hybridized carbons (Fsp3) is 0.160. The molecule has 0 unspecified atom stereocenters. The van der Waals surface area contributed by atoms with Crippen molar-refractivity contribution in [2.24, 2.45) is 0 Å². The summed E-state index contributed by atoms with van der Waals surface area (Å²) < 4.78 is 32.5. The molecule has 33 heavy (non-hydrogen) atoms. The van der Waals surface area contributed by atoms with Crippen LogP contribution in [0.3, 0.4) is 0 Å². The Morgan fingerprint density at radius 2 is 1.55 bits per heavy atom. The van der Waals surface area contributed by atoms with Gasteiger partial charge in [-0.25, -0.2) is 8.42 Å². The Labute approximate surface area is 197 Å². The maximum absolute atomic E-state index is 13.3. The van der Waals surface area contributed by atoms with Crippen LogP contribution < -0.4 is 9.64 Å². The van der Waals surface area contributed by atoms with Gasteiger partial charge in [0.25, 0.3) is 5.91 Å². The first-order chi connectivity index (χ1) is 15.9. The summed E-state index contributed by atoms with van der Waals surface area (Å²) in [6.07, 6.45) is 3.15. The van der Waals surface area contributed by atoms with E-state index >= 15 is 0 Å². The van der Waals surface area contributed by atoms with E-state index in [1.165, 1.54) is 18.3 Å². The first-order valence-corrected chi connectivity index (χ1v) is 12.5. The average molecular weight is 481 g/mol. The van der Waals surface area contributed by atoms with Crippen molar-refractivity contribution in [2.45, 2.75) is 17.7 Å². The van der Waals surface area contributed by atoms with Crippen LogP contribution in [0, 0.1) is 0 Å². The summed E-state index contributed by atoms with van der Waals surface area (Å²) in [5, 5.41) is 0.403. The van der Waals surface area contributed by atoms with E-state index in [1.807, 2.05) is 42.5 Å². The fourth-order valence-electron chi connectivity index (χ4n) is 4.04. The van der Waals surface area contributed by atoms with E-state index in [-0.39, 0.29) is 9.80 Å². The van der Waals surface area contributed by atoms with E-state index in [1.54, 1.807) is 28.0 Å². The van der Waals surface area contributed by atoms with E-state index < -0.39 is 15.7 Å². The molecule has 3 aromatic rings. The molecule has 0 saturated carbocycles. The molecule has 5 rings (SSSR count). The molecule has 1 amide bonds. The maximum Gasteiger partial charge on any atom is 0.267 e. The lowest BCUT2D eigenvalue weighted by Gasteiger charge is -2.30. The topological polar surface area (TPSA) is 66.9 Å². The van der Waals surface area contributed by atoms with Gasteiger partial charge in [0.05, 0.1) is 10.6 Å². The lowest BCUT2D eigenvalue weighted by molar-refractivity contribution is -0.125. The van der Waals surface area contributed by atoms with Crippen LogP contribution in [0.1, 0.15) is 12.8 Å². The summed E-state index contributed by atoms with van der Waals surface area (Å²) in [6.45, 7) is 1.12. The Hall–Kier alpha value is -3.29. The highest BCUT2D eigenvalue weighted by atomic mass is 35.5. The van der Waals surface area contributed by atoms with Gasteiger partial charge in [-0.05, 0) is 67.4 Å². The van der Waals surface area contributed by atoms with Crippen molar-refractivity contribution in [3.63, 3.8) is 0 Å². The molecule has 1 fully saturated rings. The first kappa shape index (κ1) is 21.6. The number of nitrogens with zero attached hydrogens (tertiary/aromatic N) is 2. The zero-order valence-electron chi connectivity index (χ0n) is 17.6. The molecule has 0 bridgehead atoms. The number of para-hydroxylation sites is 1. The summed E-state index contributed by atoms with van der Waals surface area (Å²) >= 11 is 6.20. The number of halogens is 1. The van der Waals surface area contributed by atoms with Crippen molar-refractivity contribution in [1.82, 2.24) is 4.90 Å². The zero-order chi connectivity index (χ0) is 23.0. The Kier molecular flexibility index (Phi) is 5.60. The van der Waals surface area contributed by atoms with Crippen LogP contribution >= 0.6 is 11.6 Å². The molecule has 8 heteroatoms. The number of rotatable bonds is 4. The summed E-state index contributed by atoms with van der Waals surface area (Å²) in [7, 11) is -3.98. The second kappa shape index (κ2) is 8.57. The van der Waals surface area contributed by atoms with Crippen LogP contribution in [-0.2, 0) is 14.6 Å². The third-order valence-electron chi connectivity index (χ3n) is 5.70. The van der Waals surface area contributed by atoms with Crippen LogP contribution in [0.4, 0.5) is 11.4 Å². The molecular weight excluding hydrogens is 460 g/mol. The standard InChI is InChI=1S/C25H21ClN2O4S/c26-18-8-13-23-22(16-18)28(17-24(33(23,30)31)25(29)27-14-4-5-15-27)19-9-11-21(12-10-19)32-20-6-2-1-3-7-20/h1-3,6-13,16-17H,4-5,14-15H2. The number of carbonyl (C=O) groups excluding carboxylic acids is 1. The summed E-state index contributed by atoms with van der Waals surface area (Å²) in [6, 6.07) is 21.2. The van der Waals surface area contributed by atoms with Gasteiger partial charge < -0.3 is 14.5 Å². The molecule has 0 atom stereocenters. The second-order valence-electron chi connectivity index (χ2n) is 7.89. The molecule has 0 aromatic heterocycles. The summed E-state index contributed by atoms with van der Waals surface area (Å²) in [5.41, 5.74) is 1.08. The Balaban J connectivity index is 1.55. The molecule has 0 N–H and O–H groups in total. The molecule has 3 aromatic carbocycles. The smallest absolute Gasteiger partial charge is 0.267 e. The molecule has 6 nitrogen and oxygen atoms in total. The van der Waals surface area contributed by atoms with Crippen molar-refractivity contribution in [1.29, 1.82) is 0 Å². The minimum absolute atomic E-state index is 0.0570. The zero-order valence-corrected chi connectivity index (χ0v) is 19.2. The number of likely N-dealkylation sites (tertiary alicyclic amines) is 1.